The van der Waals surface area contributed by atoms with E-state index in [0.717, 1.165) is 6.42 Å². The van der Waals surface area contributed by atoms with Gasteiger partial charge in [-0.15, -0.1) is 0 Å². The summed E-state index contributed by atoms with van der Waals surface area (Å²) < 4.78 is 0. The van der Waals surface area contributed by atoms with Crippen LogP contribution in [0.1, 0.15) is 39.5 Å². The fraction of sp³-hybridized carbons (Fsp3) is 1.00. The summed E-state index contributed by atoms with van der Waals surface area (Å²) in [5.41, 5.74) is 0. The van der Waals surface area contributed by atoms with Gasteiger partial charge in [0.05, 0.1) is 6.61 Å². The lowest BCUT2D eigenvalue weighted by Gasteiger charge is -2.09. The van der Waals surface area contributed by atoms with Gasteiger partial charge in [-0.25, -0.2) is 5.11 Å². The van der Waals surface area contributed by atoms with Crippen LogP contribution in [0.3, 0.4) is 0 Å². The van der Waals surface area contributed by atoms with E-state index >= 15 is 0 Å². The molecule has 0 bridgehead atoms. The van der Waals surface area contributed by atoms with E-state index in [4.69, 9.17) is 0 Å². The first-order valence-electron chi connectivity index (χ1n) is 3.93. The second kappa shape index (κ2) is 6.09. The van der Waals surface area contributed by atoms with Crippen LogP contribution in [-0.4, -0.2) is 6.61 Å². The highest BCUT2D eigenvalue weighted by Crippen LogP contribution is 2.13. The average molecular weight is 129 g/mol. The highest BCUT2D eigenvalue weighted by atomic mass is 16.3. The zero-order valence-electron chi connectivity index (χ0n) is 6.52. The normalized spacial score (nSPS) is 13.7. The standard InChI is InChI=1S/C8H17O/c1-3-5-8(4-2)6-7-9/h8H,3-7H2,1-2H3. The Hall–Kier alpha value is -0.0400. The number of rotatable bonds is 5. The van der Waals surface area contributed by atoms with E-state index < -0.39 is 0 Å². The van der Waals surface area contributed by atoms with Gasteiger partial charge in [0.25, 0.3) is 0 Å². The molecule has 0 amide bonds. The molecule has 0 heterocycles. The molecule has 55 valence electrons. The smallest absolute Gasteiger partial charge is 0.0825 e. The maximum absolute atomic E-state index is 10.2. The predicted molar refractivity (Wildman–Crippen MR) is 38.9 cm³/mol. The maximum atomic E-state index is 10.2. The van der Waals surface area contributed by atoms with Gasteiger partial charge in [0.2, 0.25) is 0 Å². The van der Waals surface area contributed by atoms with Gasteiger partial charge in [-0.1, -0.05) is 33.1 Å². The fourth-order valence-electron chi connectivity index (χ4n) is 1.13. The van der Waals surface area contributed by atoms with Crippen LogP contribution in [-0.2, 0) is 5.11 Å². The first kappa shape index (κ1) is 8.96. The molecule has 0 aliphatic rings. The van der Waals surface area contributed by atoms with Crippen LogP contribution in [0.4, 0.5) is 0 Å². The summed E-state index contributed by atoms with van der Waals surface area (Å²) in [6.07, 6.45) is 4.51. The Balaban J connectivity index is 3.18. The second-order valence-corrected chi connectivity index (χ2v) is 2.56. The van der Waals surface area contributed by atoms with Crippen molar-refractivity contribution in [1.29, 1.82) is 0 Å². The molecule has 1 nitrogen and oxygen atoms in total. The summed E-state index contributed by atoms with van der Waals surface area (Å²) in [5.74, 6) is 0.701. The van der Waals surface area contributed by atoms with Gasteiger partial charge in [0.1, 0.15) is 0 Å². The molecule has 9 heavy (non-hydrogen) atoms. The molecule has 0 fully saturated rings. The Morgan fingerprint density at radius 2 is 1.89 bits per heavy atom. The fourth-order valence-corrected chi connectivity index (χ4v) is 1.13. The van der Waals surface area contributed by atoms with Crippen LogP contribution < -0.4 is 0 Å². The summed E-state index contributed by atoms with van der Waals surface area (Å²) >= 11 is 0. The van der Waals surface area contributed by atoms with Crippen LogP contribution in [0.25, 0.3) is 0 Å². The van der Waals surface area contributed by atoms with Crippen LogP contribution in [0.15, 0.2) is 0 Å². The Labute approximate surface area is 58.1 Å². The molecule has 0 N–H and O–H groups in total. The Bertz CT molecular complexity index is 46.5. The largest absolute Gasteiger partial charge is 0.237 e. The van der Waals surface area contributed by atoms with Gasteiger partial charge >= 0.3 is 0 Å². The third-order valence-corrected chi connectivity index (χ3v) is 1.80. The van der Waals surface area contributed by atoms with Crippen molar-refractivity contribution in [3.8, 4) is 0 Å². The van der Waals surface area contributed by atoms with Gasteiger partial charge in [0.15, 0.2) is 0 Å². The van der Waals surface area contributed by atoms with Gasteiger partial charge in [-0.05, 0) is 12.3 Å². The molecular weight excluding hydrogens is 112 g/mol. The first-order chi connectivity index (χ1) is 4.35. The van der Waals surface area contributed by atoms with E-state index in [9.17, 15) is 5.11 Å². The second-order valence-electron chi connectivity index (χ2n) is 2.56. The monoisotopic (exact) mass is 129 g/mol. The van der Waals surface area contributed by atoms with Crippen molar-refractivity contribution in [3.63, 3.8) is 0 Å². The third-order valence-electron chi connectivity index (χ3n) is 1.80. The minimum atomic E-state index is 0.110. The molecular formula is C8H17O. The Morgan fingerprint density at radius 1 is 1.22 bits per heavy atom. The topological polar surface area (TPSA) is 19.9 Å². The van der Waals surface area contributed by atoms with E-state index in [2.05, 4.69) is 13.8 Å². The molecule has 0 aromatic rings. The van der Waals surface area contributed by atoms with Crippen molar-refractivity contribution < 1.29 is 5.11 Å². The average Bonchev–Trinajstić information content (AvgIpc) is 1.88. The molecule has 0 rings (SSSR count). The van der Waals surface area contributed by atoms with Crippen LogP contribution in [0.5, 0.6) is 0 Å². The van der Waals surface area contributed by atoms with Crippen molar-refractivity contribution in [1.82, 2.24) is 0 Å². The third kappa shape index (κ3) is 4.46. The summed E-state index contributed by atoms with van der Waals surface area (Å²) in [5, 5.41) is 10.2. The van der Waals surface area contributed by atoms with Crippen molar-refractivity contribution in [2.45, 2.75) is 39.5 Å². The van der Waals surface area contributed by atoms with Gasteiger partial charge in [-0.3, -0.25) is 0 Å². The van der Waals surface area contributed by atoms with Gasteiger partial charge < -0.3 is 0 Å². The van der Waals surface area contributed by atoms with Gasteiger partial charge in [-0.2, -0.15) is 0 Å². The lowest BCUT2D eigenvalue weighted by Crippen LogP contribution is -1.99. The predicted octanol–water partition coefficient (Wildman–Crippen LogP) is 2.63. The molecule has 0 aliphatic heterocycles. The van der Waals surface area contributed by atoms with Crippen molar-refractivity contribution in [3.05, 3.63) is 0 Å². The Kier molecular flexibility index (Phi) is 6.06. The highest BCUT2D eigenvalue weighted by Gasteiger charge is 2.02. The first-order valence-corrected chi connectivity index (χ1v) is 3.93. The molecule has 0 aliphatic carbocycles. The molecule has 1 atom stereocenters. The van der Waals surface area contributed by atoms with E-state index in [-0.39, 0.29) is 6.61 Å². The van der Waals surface area contributed by atoms with Crippen molar-refractivity contribution >= 4 is 0 Å². The molecule has 1 heteroatoms. The zero-order chi connectivity index (χ0) is 7.11. The quantitative estimate of drug-likeness (QED) is 0.544. The van der Waals surface area contributed by atoms with E-state index in [1.54, 1.807) is 0 Å². The maximum Gasteiger partial charge on any atom is 0.0825 e. The van der Waals surface area contributed by atoms with Crippen molar-refractivity contribution in [2.75, 3.05) is 6.61 Å². The number of hydrogen-bond acceptors (Lipinski definition) is 0. The zero-order valence-corrected chi connectivity index (χ0v) is 6.52. The Morgan fingerprint density at radius 3 is 2.22 bits per heavy atom. The molecule has 0 aromatic heterocycles. The van der Waals surface area contributed by atoms with Crippen LogP contribution in [0.2, 0.25) is 0 Å². The lowest BCUT2D eigenvalue weighted by atomic mass is 9.98. The van der Waals surface area contributed by atoms with Crippen LogP contribution in [0, 0.1) is 5.92 Å². The molecule has 1 unspecified atom stereocenters. The number of hydrogen-bond donors (Lipinski definition) is 0. The summed E-state index contributed by atoms with van der Waals surface area (Å²) in [4.78, 5) is 0. The lowest BCUT2D eigenvalue weighted by molar-refractivity contribution is 0.166. The minimum absolute atomic E-state index is 0.110. The molecule has 1 radical (unpaired) electrons. The molecule has 0 saturated carbocycles. The molecule has 0 saturated heterocycles. The minimum Gasteiger partial charge on any atom is -0.237 e. The highest BCUT2D eigenvalue weighted by molar-refractivity contribution is 4.54. The van der Waals surface area contributed by atoms with E-state index in [0.29, 0.717) is 5.92 Å². The summed E-state index contributed by atoms with van der Waals surface area (Å²) in [7, 11) is 0. The SMILES string of the molecule is CCCC(CC)CC[O]. The summed E-state index contributed by atoms with van der Waals surface area (Å²) in [6.45, 7) is 4.45. The van der Waals surface area contributed by atoms with E-state index in [1.165, 1.54) is 19.3 Å². The van der Waals surface area contributed by atoms with Crippen LogP contribution >= 0.6 is 0 Å². The van der Waals surface area contributed by atoms with Crippen molar-refractivity contribution in [2.24, 2.45) is 5.92 Å². The molecule has 0 aromatic carbocycles. The van der Waals surface area contributed by atoms with E-state index in [1.807, 2.05) is 0 Å². The van der Waals surface area contributed by atoms with Gasteiger partial charge in [0, 0.05) is 0 Å². The summed E-state index contributed by atoms with van der Waals surface area (Å²) in [6, 6.07) is 0. The molecule has 0 spiro atoms.